The van der Waals surface area contributed by atoms with Gasteiger partial charge in [0.15, 0.2) is 5.92 Å². The summed E-state index contributed by atoms with van der Waals surface area (Å²) in [6.45, 7) is 1.98. The third kappa shape index (κ3) is 3.95. The SMILES string of the molecule is CCCCCC(C(=O)O)C(=O)O. The van der Waals surface area contributed by atoms with E-state index in [4.69, 9.17) is 10.2 Å². The lowest BCUT2D eigenvalue weighted by Crippen LogP contribution is -2.23. The van der Waals surface area contributed by atoms with E-state index in [0.29, 0.717) is 6.42 Å². The van der Waals surface area contributed by atoms with Crippen LogP contribution in [0.2, 0.25) is 0 Å². The Morgan fingerprint density at radius 1 is 1.17 bits per heavy atom. The highest BCUT2D eigenvalue weighted by atomic mass is 16.4. The number of unbranched alkanes of at least 4 members (excludes halogenated alkanes) is 2. The van der Waals surface area contributed by atoms with Crippen LogP contribution in [-0.4, -0.2) is 22.2 Å². The molecule has 0 heterocycles. The predicted molar refractivity (Wildman–Crippen MR) is 42.9 cm³/mol. The van der Waals surface area contributed by atoms with Gasteiger partial charge in [-0.1, -0.05) is 26.2 Å². The number of carbonyl (C=O) groups is 2. The minimum absolute atomic E-state index is 0.235. The number of carboxylic acid groups (broad SMARTS) is 2. The minimum Gasteiger partial charge on any atom is -0.481 e. The van der Waals surface area contributed by atoms with Crippen LogP contribution in [0.25, 0.3) is 0 Å². The molecule has 0 saturated carbocycles. The Kier molecular flexibility index (Phi) is 5.08. The maximum atomic E-state index is 10.4. The molecule has 12 heavy (non-hydrogen) atoms. The standard InChI is InChI=1S/C8H14O4/c1-2-3-4-5-6(7(9)10)8(11)12/h6H,2-5H2,1H3,(H,9,10)(H,11,12). The zero-order valence-electron chi connectivity index (χ0n) is 7.12. The van der Waals surface area contributed by atoms with Gasteiger partial charge in [0.2, 0.25) is 0 Å². The van der Waals surface area contributed by atoms with E-state index in [-0.39, 0.29) is 6.42 Å². The molecule has 0 amide bonds. The van der Waals surface area contributed by atoms with Gasteiger partial charge in [-0.3, -0.25) is 9.59 Å². The molecule has 0 radical (unpaired) electrons. The molecule has 4 heteroatoms. The number of rotatable bonds is 6. The van der Waals surface area contributed by atoms with Crippen molar-refractivity contribution in [3.8, 4) is 0 Å². The molecule has 0 aliphatic heterocycles. The molecule has 0 aromatic carbocycles. The lowest BCUT2D eigenvalue weighted by molar-refractivity contribution is -0.154. The van der Waals surface area contributed by atoms with E-state index >= 15 is 0 Å². The lowest BCUT2D eigenvalue weighted by Gasteiger charge is -2.05. The summed E-state index contributed by atoms with van der Waals surface area (Å²) in [5, 5.41) is 16.9. The number of hydrogen-bond donors (Lipinski definition) is 2. The molecule has 0 spiro atoms. The van der Waals surface area contributed by atoms with Crippen molar-refractivity contribution in [2.75, 3.05) is 0 Å². The molecular formula is C8H14O4. The highest BCUT2D eigenvalue weighted by molar-refractivity contribution is 5.92. The van der Waals surface area contributed by atoms with Crippen molar-refractivity contribution in [1.82, 2.24) is 0 Å². The van der Waals surface area contributed by atoms with Gasteiger partial charge in [-0.15, -0.1) is 0 Å². The second-order valence-electron chi connectivity index (χ2n) is 2.72. The molecule has 0 aliphatic carbocycles. The normalized spacial score (nSPS) is 10.2. The van der Waals surface area contributed by atoms with Crippen molar-refractivity contribution in [2.45, 2.75) is 32.6 Å². The fraction of sp³-hybridized carbons (Fsp3) is 0.750. The molecule has 0 fully saturated rings. The van der Waals surface area contributed by atoms with Crippen molar-refractivity contribution >= 4 is 11.9 Å². The van der Waals surface area contributed by atoms with Gasteiger partial charge < -0.3 is 10.2 Å². The van der Waals surface area contributed by atoms with Crippen molar-refractivity contribution in [1.29, 1.82) is 0 Å². The summed E-state index contributed by atoms with van der Waals surface area (Å²) in [5.74, 6) is -3.70. The summed E-state index contributed by atoms with van der Waals surface area (Å²) in [5.41, 5.74) is 0. The smallest absolute Gasteiger partial charge is 0.317 e. The quantitative estimate of drug-likeness (QED) is 0.471. The first kappa shape index (κ1) is 10.9. The lowest BCUT2D eigenvalue weighted by atomic mass is 10.0. The zero-order chi connectivity index (χ0) is 9.56. The monoisotopic (exact) mass is 174 g/mol. The minimum atomic E-state index is -1.24. The molecule has 0 aromatic heterocycles. The molecule has 0 rings (SSSR count). The average Bonchev–Trinajstić information content (AvgIpc) is 1.96. The van der Waals surface area contributed by atoms with Gasteiger partial charge in [0.1, 0.15) is 0 Å². The molecular weight excluding hydrogens is 160 g/mol. The fourth-order valence-electron chi connectivity index (χ4n) is 0.951. The number of carboxylic acids is 2. The topological polar surface area (TPSA) is 74.6 Å². The fourth-order valence-corrected chi connectivity index (χ4v) is 0.951. The first-order valence-electron chi connectivity index (χ1n) is 4.05. The second-order valence-corrected chi connectivity index (χ2v) is 2.72. The van der Waals surface area contributed by atoms with Gasteiger partial charge in [0.25, 0.3) is 0 Å². The molecule has 0 bridgehead atoms. The highest BCUT2D eigenvalue weighted by Gasteiger charge is 2.24. The molecule has 0 unspecified atom stereocenters. The van der Waals surface area contributed by atoms with E-state index in [1.807, 2.05) is 6.92 Å². The Morgan fingerprint density at radius 3 is 2.00 bits per heavy atom. The largest absolute Gasteiger partial charge is 0.481 e. The van der Waals surface area contributed by atoms with E-state index < -0.39 is 17.9 Å². The zero-order valence-corrected chi connectivity index (χ0v) is 7.12. The van der Waals surface area contributed by atoms with E-state index in [1.165, 1.54) is 0 Å². The van der Waals surface area contributed by atoms with Crippen LogP contribution in [0.15, 0.2) is 0 Å². The van der Waals surface area contributed by atoms with Gasteiger partial charge >= 0.3 is 11.9 Å². The van der Waals surface area contributed by atoms with Crippen LogP contribution in [0.4, 0.5) is 0 Å². The van der Waals surface area contributed by atoms with Gasteiger partial charge in [0, 0.05) is 0 Å². The van der Waals surface area contributed by atoms with Crippen LogP contribution in [0.5, 0.6) is 0 Å². The summed E-state index contributed by atoms with van der Waals surface area (Å²) in [6.07, 6.45) is 2.75. The highest BCUT2D eigenvalue weighted by Crippen LogP contribution is 2.10. The second kappa shape index (κ2) is 5.57. The number of aliphatic carboxylic acids is 2. The summed E-state index contributed by atoms with van der Waals surface area (Å²) >= 11 is 0. The molecule has 4 nitrogen and oxygen atoms in total. The molecule has 0 atom stereocenters. The van der Waals surface area contributed by atoms with Gasteiger partial charge in [-0.2, -0.15) is 0 Å². The molecule has 0 aromatic rings. The van der Waals surface area contributed by atoms with Crippen molar-refractivity contribution in [3.05, 3.63) is 0 Å². The average molecular weight is 174 g/mol. The Bertz CT molecular complexity index is 150. The van der Waals surface area contributed by atoms with E-state index in [1.54, 1.807) is 0 Å². The molecule has 2 N–H and O–H groups in total. The Hall–Kier alpha value is -1.06. The summed E-state index contributed by atoms with van der Waals surface area (Å²) < 4.78 is 0. The van der Waals surface area contributed by atoms with Crippen molar-refractivity contribution in [2.24, 2.45) is 5.92 Å². The first-order valence-corrected chi connectivity index (χ1v) is 4.05. The van der Waals surface area contributed by atoms with Gasteiger partial charge in [0.05, 0.1) is 0 Å². The van der Waals surface area contributed by atoms with E-state index in [2.05, 4.69) is 0 Å². The maximum Gasteiger partial charge on any atom is 0.317 e. The molecule has 0 saturated heterocycles. The Labute approximate surface area is 71.2 Å². The van der Waals surface area contributed by atoms with E-state index in [0.717, 1.165) is 12.8 Å². The Balaban J connectivity index is 3.80. The van der Waals surface area contributed by atoms with Crippen LogP contribution < -0.4 is 0 Å². The van der Waals surface area contributed by atoms with Crippen molar-refractivity contribution in [3.63, 3.8) is 0 Å². The van der Waals surface area contributed by atoms with Crippen LogP contribution in [0, 0.1) is 5.92 Å². The van der Waals surface area contributed by atoms with Gasteiger partial charge in [-0.05, 0) is 6.42 Å². The number of hydrogen-bond acceptors (Lipinski definition) is 2. The predicted octanol–water partition coefficient (Wildman–Crippen LogP) is 1.35. The molecule has 70 valence electrons. The van der Waals surface area contributed by atoms with Crippen molar-refractivity contribution < 1.29 is 19.8 Å². The summed E-state index contributed by atoms with van der Waals surface area (Å²) in [4.78, 5) is 20.7. The van der Waals surface area contributed by atoms with Crippen LogP contribution in [-0.2, 0) is 9.59 Å². The third-order valence-corrected chi connectivity index (χ3v) is 1.69. The van der Waals surface area contributed by atoms with Crippen LogP contribution >= 0.6 is 0 Å². The maximum absolute atomic E-state index is 10.4. The van der Waals surface area contributed by atoms with Crippen LogP contribution in [0.3, 0.4) is 0 Å². The third-order valence-electron chi connectivity index (χ3n) is 1.69. The van der Waals surface area contributed by atoms with E-state index in [9.17, 15) is 9.59 Å². The summed E-state index contributed by atoms with van der Waals surface area (Å²) in [6, 6.07) is 0. The van der Waals surface area contributed by atoms with Gasteiger partial charge in [-0.25, -0.2) is 0 Å². The Morgan fingerprint density at radius 2 is 1.67 bits per heavy atom. The summed E-state index contributed by atoms with van der Waals surface area (Å²) in [7, 11) is 0. The first-order chi connectivity index (χ1) is 5.59. The molecule has 0 aliphatic rings. The van der Waals surface area contributed by atoms with Crippen LogP contribution in [0.1, 0.15) is 32.6 Å².